The maximum atomic E-state index is 4.60. The third-order valence-corrected chi connectivity index (χ3v) is 7.42. The van der Waals surface area contributed by atoms with Crippen LogP contribution in [0, 0.1) is 6.92 Å². The molecular formula is C21H31IN6S. The molecule has 29 heavy (non-hydrogen) atoms. The van der Waals surface area contributed by atoms with E-state index >= 15 is 0 Å². The van der Waals surface area contributed by atoms with Crippen LogP contribution in [0.25, 0.3) is 5.82 Å². The lowest BCUT2D eigenvalue weighted by molar-refractivity contribution is 0.293. The van der Waals surface area contributed by atoms with Crippen LogP contribution in [-0.4, -0.2) is 56.0 Å². The zero-order valence-electron chi connectivity index (χ0n) is 17.3. The molecule has 0 unspecified atom stereocenters. The molecular weight excluding hydrogens is 495 g/mol. The van der Waals surface area contributed by atoms with Crippen molar-refractivity contribution in [3.05, 3.63) is 42.1 Å². The normalized spacial score (nSPS) is 19.1. The van der Waals surface area contributed by atoms with E-state index in [1.54, 1.807) is 0 Å². The zero-order valence-corrected chi connectivity index (χ0v) is 20.5. The molecule has 2 aliphatic rings. The first kappa shape index (κ1) is 22.4. The van der Waals surface area contributed by atoms with Crippen LogP contribution in [0.5, 0.6) is 0 Å². The average molecular weight is 526 g/mol. The molecule has 2 aromatic heterocycles. The van der Waals surface area contributed by atoms with Gasteiger partial charge < -0.3 is 10.2 Å². The number of guanidine groups is 1. The van der Waals surface area contributed by atoms with E-state index in [4.69, 9.17) is 0 Å². The number of aliphatic imine (C=N–C) groups is 1. The summed E-state index contributed by atoms with van der Waals surface area (Å²) in [5.74, 6) is 4.06. The topological polar surface area (TPSA) is 58.3 Å². The van der Waals surface area contributed by atoms with Gasteiger partial charge in [0.1, 0.15) is 11.6 Å². The highest BCUT2D eigenvalue weighted by atomic mass is 127. The van der Waals surface area contributed by atoms with Crippen LogP contribution >= 0.6 is 35.7 Å². The monoisotopic (exact) mass is 526 g/mol. The molecule has 1 saturated heterocycles. The Labute approximate surface area is 195 Å². The van der Waals surface area contributed by atoms with E-state index in [1.807, 2.05) is 43.2 Å². The molecule has 1 N–H and O–H groups in total. The Kier molecular flexibility index (Phi) is 7.84. The van der Waals surface area contributed by atoms with E-state index in [2.05, 4.69) is 43.0 Å². The molecule has 1 aliphatic carbocycles. The summed E-state index contributed by atoms with van der Waals surface area (Å²) in [5, 5.41) is 3.59. The lowest BCUT2D eigenvalue weighted by Gasteiger charge is -2.45. The van der Waals surface area contributed by atoms with Crippen molar-refractivity contribution in [1.82, 2.24) is 24.8 Å². The third kappa shape index (κ3) is 5.07. The van der Waals surface area contributed by atoms with Crippen molar-refractivity contribution in [3.63, 3.8) is 0 Å². The second kappa shape index (κ2) is 10.1. The van der Waals surface area contributed by atoms with Gasteiger partial charge >= 0.3 is 0 Å². The van der Waals surface area contributed by atoms with Crippen LogP contribution in [0.2, 0.25) is 0 Å². The summed E-state index contributed by atoms with van der Waals surface area (Å²) < 4.78 is 2.47. The number of thioether (sulfide) groups is 1. The van der Waals surface area contributed by atoms with Gasteiger partial charge in [-0.3, -0.25) is 9.56 Å². The van der Waals surface area contributed by atoms with Crippen LogP contribution in [0.4, 0.5) is 0 Å². The predicted molar refractivity (Wildman–Crippen MR) is 132 cm³/mol. The second-order valence-corrected chi connectivity index (χ2v) is 9.31. The zero-order chi connectivity index (χ0) is 19.4. The number of hydrogen-bond acceptors (Lipinski definition) is 4. The molecule has 6 nitrogen and oxygen atoms in total. The van der Waals surface area contributed by atoms with Crippen LogP contribution < -0.4 is 5.32 Å². The first-order chi connectivity index (χ1) is 13.7. The molecule has 2 aromatic rings. The van der Waals surface area contributed by atoms with Gasteiger partial charge in [0.25, 0.3) is 0 Å². The fourth-order valence-corrected chi connectivity index (χ4v) is 5.99. The van der Waals surface area contributed by atoms with Crippen LogP contribution in [0.15, 0.2) is 35.7 Å². The van der Waals surface area contributed by atoms with Gasteiger partial charge in [0.05, 0.1) is 0 Å². The van der Waals surface area contributed by atoms with Crippen molar-refractivity contribution in [2.75, 3.05) is 25.9 Å². The largest absolute Gasteiger partial charge is 0.352 e. The Morgan fingerprint density at radius 2 is 2.07 bits per heavy atom. The van der Waals surface area contributed by atoms with Crippen molar-refractivity contribution >= 4 is 41.7 Å². The highest BCUT2D eigenvalue weighted by Gasteiger charge is 2.38. The van der Waals surface area contributed by atoms with Gasteiger partial charge in [0, 0.05) is 61.3 Å². The van der Waals surface area contributed by atoms with Crippen molar-refractivity contribution in [1.29, 1.82) is 0 Å². The number of halogens is 1. The lowest BCUT2D eigenvalue weighted by atomic mass is 9.87. The van der Waals surface area contributed by atoms with Gasteiger partial charge in [-0.05, 0) is 25.8 Å². The Balaban J connectivity index is 0.00000240. The summed E-state index contributed by atoms with van der Waals surface area (Å²) in [4.78, 5) is 16.0. The molecule has 0 atom stereocenters. The van der Waals surface area contributed by atoms with Gasteiger partial charge in [-0.25, -0.2) is 9.97 Å². The minimum Gasteiger partial charge on any atom is -0.352 e. The molecule has 4 rings (SSSR count). The first-order valence-corrected chi connectivity index (χ1v) is 11.2. The van der Waals surface area contributed by atoms with E-state index in [0.717, 1.165) is 36.3 Å². The van der Waals surface area contributed by atoms with E-state index in [-0.39, 0.29) is 24.0 Å². The lowest BCUT2D eigenvalue weighted by Crippen LogP contribution is -2.53. The summed E-state index contributed by atoms with van der Waals surface area (Å²) in [6.07, 6.45) is 12.4. The number of nitrogens with one attached hydrogen (secondary N) is 1. The molecule has 0 aromatic carbocycles. The minimum atomic E-state index is 0. The molecule has 0 radical (unpaired) electrons. The van der Waals surface area contributed by atoms with Crippen molar-refractivity contribution in [2.45, 2.75) is 50.3 Å². The van der Waals surface area contributed by atoms with Crippen molar-refractivity contribution < 1.29 is 0 Å². The molecule has 2 fully saturated rings. The highest BCUT2D eigenvalue weighted by molar-refractivity contribution is 14.0. The maximum Gasteiger partial charge on any atom is 0.193 e. The molecule has 3 heterocycles. The molecule has 1 saturated carbocycles. The van der Waals surface area contributed by atoms with Gasteiger partial charge in [-0.1, -0.05) is 25.3 Å². The average Bonchev–Trinajstić information content (AvgIpc) is 3.15. The first-order valence-electron chi connectivity index (χ1n) is 10.2. The van der Waals surface area contributed by atoms with Crippen LogP contribution in [-0.2, 0) is 6.54 Å². The smallest absolute Gasteiger partial charge is 0.193 e. The number of aryl methyl sites for hydroxylation is 1. The fraction of sp³-hybridized carbons (Fsp3) is 0.571. The summed E-state index contributed by atoms with van der Waals surface area (Å²) in [6, 6.07) is 4.11. The highest BCUT2D eigenvalue weighted by Crippen LogP contribution is 2.42. The number of hydrogen-bond donors (Lipinski definition) is 1. The van der Waals surface area contributed by atoms with Gasteiger partial charge in [-0.15, -0.1) is 24.0 Å². The van der Waals surface area contributed by atoms with Crippen molar-refractivity contribution in [3.8, 4) is 5.82 Å². The number of rotatable bonds is 3. The SMILES string of the molecule is CN=C(NCc1cccnc1-n1ccnc1C)N1CCSC2(CCCCC2)C1.I. The molecule has 158 valence electrons. The number of aromatic nitrogens is 3. The maximum absolute atomic E-state index is 4.60. The minimum absolute atomic E-state index is 0. The standard InChI is InChI=1S/C21H30N6S.HI/c1-17-23-11-12-27(17)19-18(7-6-10-24-19)15-25-20(22-2)26-13-14-28-21(16-26)8-4-3-5-9-21;/h6-7,10-12H,3-5,8-9,13-16H2,1-2H3,(H,22,25);1H. The van der Waals surface area contributed by atoms with E-state index < -0.39 is 0 Å². The Morgan fingerprint density at radius 3 is 2.79 bits per heavy atom. The van der Waals surface area contributed by atoms with Gasteiger partial charge in [0.15, 0.2) is 5.96 Å². The number of nitrogens with zero attached hydrogens (tertiary/aromatic N) is 5. The Bertz CT molecular complexity index is 825. The Morgan fingerprint density at radius 1 is 1.24 bits per heavy atom. The molecule has 0 bridgehead atoms. The van der Waals surface area contributed by atoms with E-state index in [0.29, 0.717) is 11.3 Å². The Hall–Kier alpha value is -1.29. The molecule has 0 amide bonds. The predicted octanol–water partition coefficient (Wildman–Crippen LogP) is 4.02. The van der Waals surface area contributed by atoms with Crippen molar-refractivity contribution in [2.24, 2.45) is 4.99 Å². The number of pyridine rings is 1. The van der Waals surface area contributed by atoms with Gasteiger partial charge in [-0.2, -0.15) is 11.8 Å². The summed E-state index contributed by atoms with van der Waals surface area (Å²) in [7, 11) is 1.89. The molecule has 1 spiro atoms. The van der Waals surface area contributed by atoms with E-state index in [1.165, 1.54) is 37.9 Å². The van der Waals surface area contributed by atoms with Crippen LogP contribution in [0.3, 0.4) is 0 Å². The van der Waals surface area contributed by atoms with Gasteiger partial charge in [0.2, 0.25) is 0 Å². The third-order valence-electron chi connectivity index (χ3n) is 5.88. The second-order valence-electron chi connectivity index (χ2n) is 7.75. The summed E-state index contributed by atoms with van der Waals surface area (Å²) >= 11 is 2.19. The summed E-state index contributed by atoms with van der Waals surface area (Å²) in [5.41, 5.74) is 1.14. The fourth-order valence-electron chi connectivity index (χ4n) is 4.42. The molecule has 8 heteroatoms. The molecule has 1 aliphatic heterocycles. The summed E-state index contributed by atoms with van der Waals surface area (Å²) in [6.45, 7) is 4.87. The van der Waals surface area contributed by atoms with Crippen LogP contribution in [0.1, 0.15) is 43.5 Å². The quantitative estimate of drug-likeness (QED) is 0.372. The number of imidazole rings is 1. The van der Waals surface area contributed by atoms with E-state index in [9.17, 15) is 0 Å².